The number of aromatic nitrogens is 2. The number of carbonyl (C=O) groups is 2. The van der Waals surface area contributed by atoms with Crippen molar-refractivity contribution in [3.8, 4) is 0 Å². The lowest BCUT2D eigenvalue weighted by molar-refractivity contribution is -0.143. The van der Waals surface area contributed by atoms with Crippen LogP contribution in [0.5, 0.6) is 0 Å². The first kappa shape index (κ1) is 23.6. The smallest absolute Gasteiger partial charge is 0.235 e. The van der Waals surface area contributed by atoms with E-state index in [4.69, 9.17) is 4.42 Å². The number of furan rings is 1. The normalized spacial score (nSPS) is 12.5. The predicted molar refractivity (Wildman–Crippen MR) is 125 cm³/mol. The van der Waals surface area contributed by atoms with E-state index in [2.05, 4.69) is 38.0 Å². The molecule has 0 radical (unpaired) electrons. The van der Waals surface area contributed by atoms with Crippen LogP contribution >= 0.6 is 0 Å². The number of hydrogen-bond acceptors (Lipinski definition) is 4. The summed E-state index contributed by atoms with van der Waals surface area (Å²) in [5.74, 6) is 0.104. The molecule has 32 heavy (non-hydrogen) atoms. The Morgan fingerprint density at radius 2 is 1.84 bits per heavy atom. The van der Waals surface area contributed by atoms with Crippen molar-refractivity contribution in [3.63, 3.8) is 0 Å². The number of carbonyl (C=O) groups excluding carboxylic acids is 2. The number of amides is 2. The average molecular weight is 439 g/mol. The molecule has 172 valence electrons. The van der Waals surface area contributed by atoms with Gasteiger partial charge < -0.3 is 19.2 Å². The minimum Gasteiger partial charge on any atom is -0.464 e. The van der Waals surface area contributed by atoms with Crippen molar-refractivity contribution in [2.45, 2.75) is 40.7 Å². The van der Waals surface area contributed by atoms with Crippen LogP contribution < -0.4 is 5.32 Å². The van der Waals surface area contributed by atoms with Crippen molar-refractivity contribution >= 4 is 22.8 Å². The van der Waals surface area contributed by atoms with E-state index in [1.807, 2.05) is 47.0 Å². The maximum atomic E-state index is 13.6. The lowest BCUT2D eigenvalue weighted by Crippen LogP contribution is -2.47. The van der Waals surface area contributed by atoms with E-state index in [-0.39, 0.29) is 18.2 Å². The maximum absolute atomic E-state index is 13.6. The van der Waals surface area contributed by atoms with Gasteiger partial charge in [0.2, 0.25) is 11.8 Å². The van der Waals surface area contributed by atoms with Crippen molar-refractivity contribution in [1.29, 1.82) is 0 Å². The Balaban J connectivity index is 1.79. The number of rotatable bonds is 10. The zero-order valence-corrected chi connectivity index (χ0v) is 19.7. The zero-order valence-electron chi connectivity index (χ0n) is 19.7. The fourth-order valence-electron chi connectivity index (χ4n) is 3.86. The molecule has 0 aliphatic rings. The molecule has 2 amide bonds. The van der Waals surface area contributed by atoms with E-state index >= 15 is 0 Å². The maximum Gasteiger partial charge on any atom is 0.235 e. The molecule has 0 spiro atoms. The first-order valence-electron chi connectivity index (χ1n) is 11.2. The highest BCUT2D eigenvalue weighted by Crippen LogP contribution is 2.18. The van der Waals surface area contributed by atoms with Crippen LogP contribution in [0.25, 0.3) is 11.0 Å². The molecule has 2 heterocycles. The van der Waals surface area contributed by atoms with Crippen molar-refractivity contribution in [2.75, 3.05) is 13.1 Å². The first-order valence-corrected chi connectivity index (χ1v) is 11.2. The molecule has 3 aromatic rings. The Morgan fingerprint density at radius 1 is 1.12 bits per heavy atom. The van der Waals surface area contributed by atoms with Gasteiger partial charge in [0, 0.05) is 50.9 Å². The molecule has 1 aromatic carbocycles. The SMILES string of the molecule is CC(C)CN(CC(C)C)C(=O)C(Cc1nccn1C)C(=O)NCc1ccc2occc2c1. The first-order chi connectivity index (χ1) is 15.2. The summed E-state index contributed by atoms with van der Waals surface area (Å²) >= 11 is 0. The van der Waals surface area contributed by atoms with Gasteiger partial charge in [0.05, 0.1) is 6.26 Å². The minimum absolute atomic E-state index is 0.141. The van der Waals surface area contributed by atoms with E-state index in [9.17, 15) is 9.59 Å². The third-order valence-electron chi connectivity index (χ3n) is 5.39. The summed E-state index contributed by atoms with van der Waals surface area (Å²) in [6.45, 7) is 9.93. The van der Waals surface area contributed by atoms with Crippen molar-refractivity contribution in [2.24, 2.45) is 24.8 Å². The summed E-state index contributed by atoms with van der Waals surface area (Å²) in [7, 11) is 1.88. The second-order valence-corrected chi connectivity index (χ2v) is 9.25. The number of nitrogens with zero attached hydrogens (tertiary/aromatic N) is 3. The van der Waals surface area contributed by atoms with Gasteiger partial charge >= 0.3 is 0 Å². The molecule has 0 aliphatic heterocycles. The van der Waals surface area contributed by atoms with Gasteiger partial charge in [0.25, 0.3) is 0 Å². The Morgan fingerprint density at radius 3 is 2.47 bits per heavy atom. The summed E-state index contributed by atoms with van der Waals surface area (Å²) in [6.07, 6.45) is 5.43. The van der Waals surface area contributed by atoms with Crippen LogP contribution in [0.3, 0.4) is 0 Å². The Kier molecular flexibility index (Phi) is 7.72. The van der Waals surface area contributed by atoms with E-state index in [1.54, 1.807) is 12.5 Å². The number of benzene rings is 1. The van der Waals surface area contributed by atoms with Crippen LogP contribution in [-0.2, 0) is 29.6 Å². The number of aryl methyl sites for hydroxylation is 1. The Labute approximate surface area is 189 Å². The summed E-state index contributed by atoms with van der Waals surface area (Å²) in [4.78, 5) is 33.0. The second-order valence-electron chi connectivity index (χ2n) is 9.25. The molecule has 0 saturated heterocycles. The molecule has 1 atom stereocenters. The van der Waals surface area contributed by atoms with Crippen LogP contribution in [0.4, 0.5) is 0 Å². The van der Waals surface area contributed by atoms with Crippen LogP contribution in [0.1, 0.15) is 39.1 Å². The van der Waals surface area contributed by atoms with Gasteiger partial charge in [-0.15, -0.1) is 0 Å². The van der Waals surface area contributed by atoms with Gasteiger partial charge in [-0.2, -0.15) is 0 Å². The van der Waals surface area contributed by atoms with Gasteiger partial charge in [0.15, 0.2) is 0 Å². The molecule has 1 unspecified atom stereocenters. The molecule has 1 N–H and O–H groups in total. The summed E-state index contributed by atoms with van der Waals surface area (Å²) in [5.41, 5.74) is 1.76. The number of nitrogens with one attached hydrogen (secondary N) is 1. The number of imidazole rings is 1. The summed E-state index contributed by atoms with van der Waals surface area (Å²) < 4.78 is 7.24. The molecule has 0 fully saturated rings. The highest BCUT2D eigenvalue weighted by molar-refractivity contribution is 6.00. The van der Waals surface area contributed by atoms with Gasteiger partial charge in [-0.05, 0) is 35.6 Å². The molecule has 0 saturated carbocycles. The van der Waals surface area contributed by atoms with Crippen LogP contribution in [0.2, 0.25) is 0 Å². The van der Waals surface area contributed by atoms with Crippen LogP contribution in [-0.4, -0.2) is 39.4 Å². The standard InChI is InChI=1S/C25H34N4O3/c1-17(2)15-29(16-18(3)4)25(31)21(13-23-26-9-10-28(23)5)24(30)27-14-19-6-7-22-20(12-19)8-11-32-22/h6-12,17-18,21H,13-16H2,1-5H3,(H,27,30). The largest absolute Gasteiger partial charge is 0.464 e. The zero-order chi connectivity index (χ0) is 23.3. The molecule has 2 aromatic heterocycles. The van der Waals surface area contributed by atoms with Crippen molar-refractivity contribution in [1.82, 2.24) is 19.8 Å². The molecule has 0 bridgehead atoms. The van der Waals surface area contributed by atoms with Crippen molar-refractivity contribution in [3.05, 3.63) is 54.3 Å². The summed E-state index contributed by atoms with van der Waals surface area (Å²) in [5, 5.41) is 3.96. The lowest BCUT2D eigenvalue weighted by atomic mass is 9.99. The monoisotopic (exact) mass is 438 g/mol. The Bertz CT molecular complexity index is 1040. The van der Waals surface area contributed by atoms with Gasteiger partial charge in [-0.25, -0.2) is 4.98 Å². The molecular formula is C25H34N4O3. The van der Waals surface area contributed by atoms with Crippen LogP contribution in [0.15, 0.2) is 47.3 Å². The molecule has 3 rings (SSSR count). The third kappa shape index (κ3) is 5.99. The number of fused-ring (bicyclic) bond motifs is 1. The van der Waals surface area contributed by atoms with E-state index in [1.165, 1.54) is 0 Å². The fourth-order valence-corrected chi connectivity index (χ4v) is 3.86. The van der Waals surface area contributed by atoms with Gasteiger partial charge in [-0.1, -0.05) is 33.8 Å². The lowest BCUT2D eigenvalue weighted by Gasteiger charge is -2.30. The third-order valence-corrected chi connectivity index (χ3v) is 5.39. The average Bonchev–Trinajstić information content (AvgIpc) is 3.36. The van der Waals surface area contributed by atoms with Gasteiger partial charge in [0.1, 0.15) is 17.3 Å². The highest BCUT2D eigenvalue weighted by atomic mass is 16.3. The topological polar surface area (TPSA) is 80.4 Å². The molecule has 0 aliphatic carbocycles. The predicted octanol–water partition coefficient (Wildman–Crippen LogP) is 3.78. The van der Waals surface area contributed by atoms with E-state index in [0.717, 1.165) is 16.5 Å². The van der Waals surface area contributed by atoms with E-state index < -0.39 is 5.92 Å². The van der Waals surface area contributed by atoms with Crippen LogP contribution in [0, 0.1) is 17.8 Å². The number of hydrogen-bond donors (Lipinski definition) is 1. The van der Waals surface area contributed by atoms with Crippen molar-refractivity contribution < 1.29 is 14.0 Å². The minimum atomic E-state index is -0.828. The highest BCUT2D eigenvalue weighted by Gasteiger charge is 2.32. The molecule has 7 heteroatoms. The Hall–Kier alpha value is -3.09. The molecular weight excluding hydrogens is 404 g/mol. The second kappa shape index (κ2) is 10.5. The molecule has 7 nitrogen and oxygen atoms in total. The quantitative estimate of drug-likeness (QED) is 0.489. The summed E-state index contributed by atoms with van der Waals surface area (Å²) in [6, 6.07) is 7.69. The van der Waals surface area contributed by atoms with Gasteiger partial charge in [-0.3, -0.25) is 9.59 Å². The fraction of sp³-hybridized carbons (Fsp3) is 0.480. The van der Waals surface area contributed by atoms with E-state index in [0.29, 0.717) is 37.3 Å².